The molecule has 2 rings (SSSR count). The van der Waals surface area contributed by atoms with Gasteiger partial charge in [-0.1, -0.05) is 18.2 Å². The number of carbonyl (C=O) groups excluding carboxylic acids is 2. The van der Waals surface area contributed by atoms with E-state index in [4.69, 9.17) is 0 Å². The fourth-order valence-corrected chi connectivity index (χ4v) is 1.81. The van der Waals surface area contributed by atoms with Crippen molar-refractivity contribution in [1.29, 1.82) is 0 Å². The highest BCUT2D eigenvalue weighted by Crippen LogP contribution is 2.22. The number of hydrogen-bond donors (Lipinski definition) is 3. The SMILES string of the molecule is O=C(NNC(=O)c1cc([N+](=O)[O-])cc([N+](=O)[O-])c1)Nc1ccccc1. The maximum absolute atomic E-state index is 12.0. The molecule has 3 N–H and O–H groups in total. The molecule has 0 unspecified atom stereocenters. The lowest BCUT2D eigenvalue weighted by atomic mass is 10.1. The van der Waals surface area contributed by atoms with Crippen molar-refractivity contribution in [2.75, 3.05) is 5.32 Å². The van der Waals surface area contributed by atoms with E-state index < -0.39 is 33.2 Å². The summed E-state index contributed by atoms with van der Waals surface area (Å²) in [6.45, 7) is 0. The molecule has 0 aliphatic heterocycles. The first-order chi connectivity index (χ1) is 11.9. The Morgan fingerprint density at radius 1 is 0.840 bits per heavy atom. The number of para-hydroxylation sites is 1. The lowest BCUT2D eigenvalue weighted by Crippen LogP contribution is -2.43. The van der Waals surface area contributed by atoms with Crippen molar-refractivity contribution in [2.45, 2.75) is 0 Å². The number of hydrogen-bond acceptors (Lipinski definition) is 6. The number of nitro groups is 2. The minimum Gasteiger partial charge on any atom is -0.307 e. The average molecular weight is 345 g/mol. The number of amides is 3. The highest BCUT2D eigenvalue weighted by atomic mass is 16.6. The summed E-state index contributed by atoms with van der Waals surface area (Å²) in [4.78, 5) is 43.5. The van der Waals surface area contributed by atoms with Crippen LogP contribution in [0.25, 0.3) is 0 Å². The molecule has 0 atom stereocenters. The van der Waals surface area contributed by atoms with Crippen LogP contribution in [-0.2, 0) is 0 Å². The van der Waals surface area contributed by atoms with Gasteiger partial charge < -0.3 is 5.32 Å². The number of nitrogens with one attached hydrogen (secondary N) is 3. The van der Waals surface area contributed by atoms with Crippen LogP contribution in [0.2, 0.25) is 0 Å². The van der Waals surface area contributed by atoms with Gasteiger partial charge in [-0.05, 0) is 12.1 Å². The first kappa shape index (κ1) is 17.3. The molecule has 0 aliphatic rings. The third-order valence-electron chi connectivity index (χ3n) is 2.91. The topological polar surface area (TPSA) is 157 Å². The Labute approximate surface area is 139 Å². The van der Waals surface area contributed by atoms with Gasteiger partial charge in [0.25, 0.3) is 17.3 Å². The van der Waals surface area contributed by atoms with E-state index >= 15 is 0 Å². The monoisotopic (exact) mass is 345 g/mol. The summed E-state index contributed by atoms with van der Waals surface area (Å²) in [6, 6.07) is 10.0. The average Bonchev–Trinajstić information content (AvgIpc) is 2.60. The number of anilines is 1. The fourth-order valence-electron chi connectivity index (χ4n) is 1.81. The number of nitro benzene ring substituents is 2. The van der Waals surface area contributed by atoms with E-state index in [1.54, 1.807) is 30.3 Å². The Morgan fingerprint density at radius 3 is 1.92 bits per heavy atom. The zero-order valence-electron chi connectivity index (χ0n) is 12.5. The van der Waals surface area contributed by atoms with Crippen LogP contribution in [0.1, 0.15) is 10.4 Å². The molecule has 0 heterocycles. The number of benzene rings is 2. The van der Waals surface area contributed by atoms with Crippen LogP contribution in [0.3, 0.4) is 0 Å². The van der Waals surface area contributed by atoms with Crippen molar-refractivity contribution in [3.63, 3.8) is 0 Å². The van der Waals surface area contributed by atoms with Crippen LogP contribution >= 0.6 is 0 Å². The summed E-state index contributed by atoms with van der Waals surface area (Å²) in [5.74, 6) is -0.949. The van der Waals surface area contributed by atoms with E-state index in [0.29, 0.717) is 5.69 Å². The quantitative estimate of drug-likeness (QED) is 0.568. The zero-order valence-corrected chi connectivity index (χ0v) is 12.5. The van der Waals surface area contributed by atoms with Crippen molar-refractivity contribution >= 4 is 29.0 Å². The zero-order chi connectivity index (χ0) is 18.4. The molecule has 11 nitrogen and oxygen atoms in total. The van der Waals surface area contributed by atoms with E-state index in [-0.39, 0.29) is 5.56 Å². The van der Waals surface area contributed by atoms with Gasteiger partial charge in [-0.3, -0.25) is 30.4 Å². The summed E-state index contributed by atoms with van der Waals surface area (Å²) in [5, 5.41) is 24.0. The first-order valence-corrected chi connectivity index (χ1v) is 6.73. The van der Waals surface area contributed by atoms with Gasteiger partial charge in [0.2, 0.25) is 0 Å². The van der Waals surface area contributed by atoms with E-state index in [2.05, 4.69) is 5.32 Å². The lowest BCUT2D eigenvalue weighted by molar-refractivity contribution is -0.394. The van der Waals surface area contributed by atoms with Gasteiger partial charge in [0.1, 0.15) is 0 Å². The number of nitrogens with zero attached hydrogens (tertiary/aromatic N) is 2. The molecule has 11 heteroatoms. The van der Waals surface area contributed by atoms with Crippen molar-refractivity contribution in [2.24, 2.45) is 0 Å². The second-order valence-corrected chi connectivity index (χ2v) is 4.65. The van der Waals surface area contributed by atoms with E-state index in [9.17, 15) is 29.8 Å². The minimum absolute atomic E-state index is 0.346. The van der Waals surface area contributed by atoms with Gasteiger partial charge >= 0.3 is 6.03 Å². The fraction of sp³-hybridized carbons (Fsp3) is 0. The molecular weight excluding hydrogens is 334 g/mol. The second kappa shape index (κ2) is 7.50. The van der Waals surface area contributed by atoms with Gasteiger partial charge in [0, 0.05) is 17.8 Å². The molecule has 0 fully saturated rings. The third-order valence-corrected chi connectivity index (χ3v) is 2.91. The highest BCUT2D eigenvalue weighted by Gasteiger charge is 2.20. The van der Waals surface area contributed by atoms with Gasteiger partial charge in [-0.25, -0.2) is 10.2 Å². The molecular formula is C14H11N5O6. The van der Waals surface area contributed by atoms with E-state index in [0.717, 1.165) is 18.2 Å². The number of hydrazine groups is 1. The highest BCUT2D eigenvalue weighted by molar-refractivity contribution is 5.98. The van der Waals surface area contributed by atoms with Crippen LogP contribution in [0.5, 0.6) is 0 Å². The van der Waals surface area contributed by atoms with Crippen LogP contribution in [0.4, 0.5) is 21.9 Å². The molecule has 0 aromatic heterocycles. The Hall–Kier alpha value is -4.02. The summed E-state index contributed by atoms with van der Waals surface area (Å²) in [5.41, 5.74) is 2.93. The summed E-state index contributed by atoms with van der Waals surface area (Å²) < 4.78 is 0. The number of carbonyl (C=O) groups is 2. The third kappa shape index (κ3) is 4.72. The molecule has 3 amide bonds. The Balaban J connectivity index is 2.06. The molecule has 0 saturated heterocycles. The molecule has 2 aromatic rings. The molecule has 0 spiro atoms. The van der Waals surface area contributed by atoms with Gasteiger partial charge in [-0.15, -0.1) is 0 Å². The standard InChI is InChI=1S/C14H11N5O6/c20-13(16-17-14(21)15-10-4-2-1-3-5-10)9-6-11(18(22)23)8-12(7-9)19(24)25/h1-8H,(H,16,20)(H2,15,17,21). The molecule has 0 radical (unpaired) electrons. The maximum atomic E-state index is 12.0. The van der Waals surface area contributed by atoms with Crippen LogP contribution in [0, 0.1) is 20.2 Å². The molecule has 0 aliphatic carbocycles. The van der Waals surface area contributed by atoms with E-state index in [1.165, 1.54) is 0 Å². The van der Waals surface area contributed by atoms with Crippen molar-refractivity contribution in [3.8, 4) is 0 Å². The molecule has 0 saturated carbocycles. The predicted molar refractivity (Wildman–Crippen MR) is 85.8 cm³/mol. The number of non-ortho nitro benzene ring substituents is 2. The summed E-state index contributed by atoms with van der Waals surface area (Å²) in [6.07, 6.45) is 0. The normalized spacial score (nSPS) is 9.76. The summed E-state index contributed by atoms with van der Waals surface area (Å²) >= 11 is 0. The lowest BCUT2D eigenvalue weighted by Gasteiger charge is -2.09. The minimum atomic E-state index is -0.949. The molecule has 0 bridgehead atoms. The van der Waals surface area contributed by atoms with Crippen molar-refractivity contribution in [3.05, 3.63) is 74.3 Å². The van der Waals surface area contributed by atoms with Gasteiger partial charge in [0.15, 0.2) is 0 Å². The van der Waals surface area contributed by atoms with Gasteiger partial charge in [0.05, 0.1) is 21.5 Å². The Bertz CT molecular complexity index is 807. The van der Waals surface area contributed by atoms with Crippen molar-refractivity contribution in [1.82, 2.24) is 10.9 Å². The summed E-state index contributed by atoms with van der Waals surface area (Å²) in [7, 11) is 0. The van der Waals surface area contributed by atoms with Crippen LogP contribution < -0.4 is 16.2 Å². The molecule has 2 aromatic carbocycles. The van der Waals surface area contributed by atoms with Gasteiger partial charge in [-0.2, -0.15) is 0 Å². The Morgan fingerprint density at radius 2 is 1.40 bits per heavy atom. The largest absolute Gasteiger partial charge is 0.337 e. The second-order valence-electron chi connectivity index (χ2n) is 4.65. The smallest absolute Gasteiger partial charge is 0.307 e. The molecule has 25 heavy (non-hydrogen) atoms. The number of urea groups is 1. The van der Waals surface area contributed by atoms with Crippen LogP contribution in [-0.4, -0.2) is 21.8 Å². The first-order valence-electron chi connectivity index (χ1n) is 6.73. The predicted octanol–water partition coefficient (Wildman–Crippen LogP) is 1.97. The maximum Gasteiger partial charge on any atom is 0.337 e. The molecule has 128 valence electrons. The van der Waals surface area contributed by atoms with Crippen LogP contribution in [0.15, 0.2) is 48.5 Å². The van der Waals surface area contributed by atoms with Crippen molar-refractivity contribution < 1.29 is 19.4 Å². The number of rotatable bonds is 4. The van der Waals surface area contributed by atoms with E-state index in [1.807, 2.05) is 10.9 Å². The Kier molecular flexibility index (Phi) is 5.20.